The Hall–Kier alpha value is -0.715. The highest BCUT2D eigenvalue weighted by atomic mass is 14.0. The summed E-state index contributed by atoms with van der Waals surface area (Å²) in [6.45, 7) is 4.40. The van der Waals surface area contributed by atoms with Crippen LogP contribution >= 0.6 is 0 Å². The third-order valence-corrected chi connectivity index (χ3v) is 3.02. The predicted octanol–water partition coefficient (Wildman–Crippen LogP) is 4.52. The Bertz CT molecular complexity index is 255. The van der Waals surface area contributed by atoms with Gasteiger partial charge in [0.15, 0.2) is 0 Å². The van der Waals surface area contributed by atoms with Crippen molar-refractivity contribution >= 4 is 7.28 Å². The molecule has 0 aliphatic heterocycles. The zero-order valence-electron chi connectivity index (χ0n) is 10.8. The van der Waals surface area contributed by atoms with E-state index in [1.165, 1.54) is 56.0 Å². The minimum atomic E-state index is 1.23. The molecule has 1 aromatic carbocycles. The Morgan fingerprint density at radius 1 is 1.00 bits per heavy atom. The van der Waals surface area contributed by atoms with E-state index in [0.717, 1.165) is 0 Å². The van der Waals surface area contributed by atoms with Crippen LogP contribution in [0, 0.1) is 0 Å². The van der Waals surface area contributed by atoms with Crippen LogP contribution in [0.25, 0.3) is 0 Å². The van der Waals surface area contributed by atoms with Crippen molar-refractivity contribution in [2.45, 2.75) is 58.6 Å². The van der Waals surface area contributed by atoms with Crippen LogP contribution in [0.15, 0.2) is 24.3 Å². The quantitative estimate of drug-likeness (QED) is 0.441. The molecule has 1 aromatic rings. The lowest BCUT2D eigenvalue weighted by Gasteiger charge is -2.05. The van der Waals surface area contributed by atoms with E-state index in [-0.39, 0.29) is 0 Å². The van der Waals surface area contributed by atoms with Crippen molar-refractivity contribution in [3.8, 4) is 0 Å². The van der Waals surface area contributed by atoms with Gasteiger partial charge in [-0.05, 0) is 30.4 Å². The molecule has 1 radical (unpaired) electrons. The van der Waals surface area contributed by atoms with Gasteiger partial charge in [0.25, 0.3) is 0 Å². The number of benzene rings is 1. The summed E-state index contributed by atoms with van der Waals surface area (Å²) in [5, 5.41) is 0. The van der Waals surface area contributed by atoms with Crippen LogP contribution in [0.4, 0.5) is 0 Å². The zero-order valence-corrected chi connectivity index (χ0v) is 10.8. The van der Waals surface area contributed by atoms with Crippen LogP contribution in [0.5, 0.6) is 0 Å². The Morgan fingerprint density at radius 3 is 2.31 bits per heavy atom. The number of hydrogen-bond donors (Lipinski definition) is 0. The third kappa shape index (κ3) is 5.39. The van der Waals surface area contributed by atoms with Gasteiger partial charge in [-0.15, -0.1) is 0 Å². The fourth-order valence-corrected chi connectivity index (χ4v) is 2.03. The molecule has 1 rings (SSSR count). The summed E-state index contributed by atoms with van der Waals surface area (Å²) >= 11 is 0. The lowest BCUT2D eigenvalue weighted by atomic mass is 9.76. The lowest BCUT2D eigenvalue weighted by Crippen LogP contribution is -1.91. The second-order valence-electron chi connectivity index (χ2n) is 4.58. The minimum Gasteiger partial charge on any atom is -0.0920 e. The number of hydrogen-bond acceptors (Lipinski definition) is 0. The molecule has 0 amide bonds. The molecule has 0 aromatic heterocycles. The molecule has 0 saturated carbocycles. The van der Waals surface area contributed by atoms with E-state index >= 15 is 0 Å². The summed E-state index contributed by atoms with van der Waals surface area (Å²) in [5.41, 5.74) is 3.03. The highest BCUT2D eigenvalue weighted by Gasteiger charge is 1.96. The van der Waals surface area contributed by atoms with Crippen molar-refractivity contribution in [2.75, 3.05) is 0 Å². The van der Waals surface area contributed by atoms with Crippen molar-refractivity contribution in [3.63, 3.8) is 0 Å². The lowest BCUT2D eigenvalue weighted by molar-refractivity contribution is 0.716. The molecule has 1 heteroatoms. The van der Waals surface area contributed by atoms with Crippen molar-refractivity contribution in [1.29, 1.82) is 0 Å². The van der Waals surface area contributed by atoms with Gasteiger partial charge in [-0.3, -0.25) is 0 Å². The van der Waals surface area contributed by atoms with Crippen LogP contribution < -0.4 is 0 Å². The average molecular weight is 215 g/mol. The first kappa shape index (κ1) is 13.4. The number of unbranched alkanes of at least 4 members (excludes halogenated alkanes) is 2. The second-order valence-corrected chi connectivity index (χ2v) is 4.58. The van der Waals surface area contributed by atoms with Crippen molar-refractivity contribution < 1.29 is 0 Å². The molecule has 0 saturated heterocycles. The SMILES string of the molecule is C[B]CCCc1cccc(CCCCC)c1. The molecule has 0 fully saturated rings. The molecule has 0 unspecified atom stereocenters. The van der Waals surface area contributed by atoms with Gasteiger partial charge in [0.1, 0.15) is 7.28 Å². The van der Waals surface area contributed by atoms with Crippen molar-refractivity contribution in [1.82, 2.24) is 0 Å². The summed E-state index contributed by atoms with van der Waals surface area (Å²) in [4.78, 5) is 0. The summed E-state index contributed by atoms with van der Waals surface area (Å²) in [7, 11) is 2.26. The molecule has 87 valence electrons. The summed E-state index contributed by atoms with van der Waals surface area (Å²) in [5.74, 6) is 0. The number of aryl methyl sites for hydroxylation is 2. The van der Waals surface area contributed by atoms with Gasteiger partial charge in [0.2, 0.25) is 0 Å². The molecule has 0 nitrogen and oxygen atoms in total. The maximum atomic E-state index is 2.39. The van der Waals surface area contributed by atoms with Crippen molar-refractivity contribution in [2.24, 2.45) is 0 Å². The van der Waals surface area contributed by atoms with Crippen LogP contribution in [-0.4, -0.2) is 7.28 Å². The second kappa shape index (κ2) is 8.44. The molecule has 0 aliphatic carbocycles. The number of rotatable bonds is 8. The Morgan fingerprint density at radius 2 is 1.69 bits per heavy atom. The van der Waals surface area contributed by atoms with E-state index in [1.54, 1.807) is 0 Å². The minimum absolute atomic E-state index is 1.23. The van der Waals surface area contributed by atoms with Crippen LogP contribution in [0.2, 0.25) is 13.1 Å². The average Bonchev–Trinajstić information content (AvgIpc) is 2.30. The molecular formula is C15H24B. The van der Waals surface area contributed by atoms with Crippen LogP contribution in [-0.2, 0) is 12.8 Å². The fraction of sp³-hybridized carbons (Fsp3) is 0.600. The first-order valence-corrected chi connectivity index (χ1v) is 6.72. The highest BCUT2D eigenvalue weighted by molar-refractivity contribution is 6.33. The van der Waals surface area contributed by atoms with E-state index in [9.17, 15) is 0 Å². The fourth-order valence-electron chi connectivity index (χ4n) is 2.03. The summed E-state index contributed by atoms with van der Waals surface area (Å²) in [6.07, 6.45) is 9.01. The molecule has 0 N–H and O–H groups in total. The molecule has 16 heavy (non-hydrogen) atoms. The highest BCUT2D eigenvalue weighted by Crippen LogP contribution is 2.11. The Labute approximate surface area is 102 Å². The smallest absolute Gasteiger partial charge is 0.0920 e. The van der Waals surface area contributed by atoms with Gasteiger partial charge in [-0.2, -0.15) is 0 Å². The molecule has 0 aliphatic rings. The van der Waals surface area contributed by atoms with Gasteiger partial charge in [-0.25, -0.2) is 0 Å². The van der Waals surface area contributed by atoms with Gasteiger partial charge in [0.05, 0.1) is 0 Å². The zero-order chi connectivity index (χ0) is 11.6. The van der Waals surface area contributed by atoms with E-state index in [1.807, 2.05) is 0 Å². The Kier molecular flexibility index (Phi) is 7.04. The maximum absolute atomic E-state index is 2.39. The van der Waals surface area contributed by atoms with Crippen LogP contribution in [0.1, 0.15) is 43.7 Å². The first-order chi connectivity index (χ1) is 7.86. The molecule has 0 spiro atoms. The van der Waals surface area contributed by atoms with Gasteiger partial charge in [0, 0.05) is 0 Å². The largest absolute Gasteiger partial charge is 0.105 e. The van der Waals surface area contributed by atoms with Gasteiger partial charge >= 0.3 is 0 Å². The van der Waals surface area contributed by atoms with E-state index in [4.69, 9.17) is 0 Å². The van der Waals surface area contributed by atoms with Crippen LogP contribution in [0.3, 0.4) is 0 Å². The summed E-state index contributed by atoms with van der Waals surface area (Å²) in [6, 6.07) is 9.14. The predicted molar refractivity (Wildman–Crippen MR) is 74.4 cm³/mol. The van der Waals surface area contributed by atoms with Gasteiger partial charge < -0.3 is 0 Å². The molecule has 0 bridgehead atoms. The summed E-state index contributed by atoms with van der Waals surface area (Å²) < 4.78 is 0. The molecular weight excluding hydrogens is 191 g/mol. The molecule has 0 heterocycles. The Balaban J connectivity index is 2.37. The normalized spacial score (nSPS) is 10.4. The topological polar surface area (TPSA) is 0 Å². The van der Waals surface area contributed by atoms with Gasteiger partial charge in [-0.1, -0.05) is 63.6 Å². The van der Waals surface area contributed by atoms with Crippen molar-refractivity contribution in [3.05, 3.63) is 35.4 Å². The first-order valence-electron chi connectivity index (χ1n) is 6.72. The monoisotopic (exact) mass is 215 g/mol. The standard InChI is InChI=1S/C15H24B/c1-3-4-5-8-14-9-6-10-15(13-14)11-7-12-16-2/h6,9-10,13H,3-5,7-8,11-12H2,1-2H3. The van der Waals surface area contributed by atoms with E-state index in [2.05, 4.69) is 45.3 Å². The van der Waals surface area contributed by atoms with E-state index < -0.39 is 0 Å². The molecule has 0 atom stereocenters. The third-order valence-electron chi connectivity index (χ3n) is 3.02. The maximum Gasteiger partial charge on any atom is 0.105 e. The van der Waals surface area contributed by atoms with E-state index in [0.29, 0.717) is 0 Å².